The Morgan fingerprint density at radius 2 is 1.46 bits per heavy atom. The van der Waals surface area contributed by atoms with Gasteiger partial charge < -0.3 is 81.4 Å². The van der Waals surface area contributed by atoms with E-state index in [-0.39, 0.29) is 56.8 Å². The number of aliphatic hydroxyl groups excluding tert-OH is 9. The third-order valence-corrected chi connectivity index (χ3v) is 15.0. The molecule has 0 radical (unpaired) electrons. The Bertz CT molecular complexity index is 1770. The van der Waals surface area contributed by atoms with E-state index >= 15 is 0 Å². The number of guanidine groups is 1. The summed E-state index contributed by atoms with van der Waals surface area (Å²) in [5.74, 6) is -8.53. The van der Waals surface area contributed by atoms with Crippen molar-refractivity contribution in [1.29, 1.82) is 0 Å². The van der Waals surface area contributed by atoms with Crippen LogP contribution in [0.4, 0.5) is 0 Å². The van der Waals surface area contributed by atoms with Crippen LogP contribution in [0.5, 0.6) is 0 Å². The lowest BCUT2D eigenvalue weighted by Gasteiger charge is -2.45. The van der Waals surface area contributed by atoms with Gasteiger partial charge in [0.1, 0.15) is 24.7 Å². The number of carboxylic acid groups (broad SMARTS) is 1. The number of esters is 2. The Morgan fingerprint density at radius 3 is 2.11 bits per heavy atom. The van der Waals surface area contributed by atoms with Gasteiger partial charge in [0.2, 0.25) is 0 Å². The van der Waals surface area contributed by atoms with Crippen molar-refractivity contribution in [3.8, 4) is 0 Å². The Morgan fingerprint density at radius 1 is 0.811 bits per heavy atom. The number of nitrogens with two attached hydrogens (primary N) is 1. The first-order valence-electron chi connectivity index (χ1n) is 26.8. The average molecular weight is 1060 g/mol. The number of hydrogen-bond donors (Lipinski definition) is 13. The number of carbonyl (C=O) groups excluding carboxylic acids is 2. The SMILES string of the molecule is CN=C(N)NCCC/C=C/CCC[C@H](C)C[C@H](C)C1OC(=O)/C=C/C(C)C(O)CC(O)C(C)C(O)CCC(C)C(O)CC2(O)OC(CC(OC(=O)CC(=O)O)CC(O)CC(O)C(C)C(O)/C=C/C1C)CC(O)C2O. The van der Waals surface area contributed by atoms with Gasteiger partial charge in [0, 0.05) is 75.4 Å². The number of rotatable bonds is 14. The molecule has 2 bridgehead atoms. The van der Waals surface area contributed by atoms with Gasteiger partial charge >= 0.3 is 17.9 Å². The highest BCUT2D eigenvalue weighted by Gasteiger charge is 2.50. The lowest BCUT2D eigenvalue weighted by atomic mass is 9.83. The molecule has 1 saturated heterocycles. The van der Waals surface area contributed by atoms with Crippen molar-refractivity contribution in [3.63, 3.8) is 0 Å². The number of carbonyl (C=O) groups is 3. The zero-order chi connectivity index (χ0) is 55.9. The second-order valence-corrected chi connectivity index (χ2v) is 21.7. The van der Waals surface area contributed by atoms with Crippen LogP contribution in [0.3, 0.4) is 0 Å². The van der Waals surface area contributed by atoms with Gasteiger partial charge in [-0.15, -0.1) is 0 Å². The van der Waals surface area contributed by atoms with Gasteiger partial charge in [0.25, 0.3) is 0 Å². The number of aliphatic hydroxyl groups is 10. The van der Waals surface area contributed by atoms with Crippen LogP contribution >= 0.6 is 0 Å². The molecule has 74 heavy (non-hydrogen) atoms. The molecule has 0 spiro atoms. The van der Waals surface area contributed by atoms with Crippen molar-refractivity contribution < 1.29 is 84.8 Å². The molecule has 20 heteroatoms. The maximum atomic E-state index is 13.5. The number of ether oxygens (including phenoxy) is 3. The smallest absolute Gasteiger partial charge is 0.330 e. The molecule has 20 nitrogen and oxygen atoms in total. The fourth-order valence-corrected chi connectivity index (χ4v) is 9.77. The van der Waals surface area contributed by atoms with E-state index < -0.39 is 139 Å². The summed E-state index contributed by atoms with van der Waals surface area (Å²) in [5, 5.41) is 124. The predicted molar refractivity (Wildman–Crippen MR) is 278 cm³/mol. The summed E-state index contributed by atoms with van der Waals surface area (Å²) in [6.07, 6.45) is -2.38. The molecule has 2 aliphatic heterocycles. The normalized spacial score (nSPS) is 38.2. The Balaban J connectivity index is 2.41. The summed E-state index contributed by atoms with van der Waals surface area (Å²) in [7, 11) is 1.63. The number of carboxylic acids is 1. The minimum absolute atomic E-state index is 0.0910. The predicted octanol–water partition coefficient (Wildman–Crippen LogP) is 2.75. The van der Waals surface area contributed by atoms with E-state index in [1.54, 1.807) is 40.8 Å². The Hall–Kier alpha value is -3.54. The van der Waals surface area contributed by atoms with Crippen molar-refractivity contribution >= 4 is 23.9 Å². The standard InChI is InChI=1S/C54H95N3O17/c1-31(15-13-11-9-10-12-14-22-57-53(55)56-8)23-35(5)51-34(4)17-20-42(60)36(6)44(62)25-38(58)24-39(72-50(69)29-48(66)67)26-40-27-46(64)52(70)54(71,74-40)30-47(65)33(3)16-19-41(59)37(7)45(63)28-43(61)32(2)18-21-49(68)73-51/h9-10,17-18,20-21,31-47,51-52,58-65,70-71H,11-16,19,22-30H2,1-8H3,(H,66,67)(H3,55,56,57)/b10-9+,20-17+,21-18+/t31-,32?,33?,34?,35-,36?,37?,38?,39?,40?,41?,42?,43?,44?,45?,46?,47?,51?,52?,54?/m0/s1. The van der Waals surface area contributed by atoms with Crippen LogP contribution in [0.25, 0.3) is 0 Å². The molecule has 1 fully saturated rings. The van der Waals surface area contributed by atoms with Crippen LogP contribution < -0.4 is 11.1 Å². The van der Waals surface area contributed by atoms with Crippen LogP contribution in [0.2, 0.25) is 0 Å². The van der Waals surface area contributed by atoms with E-state index in [9.17, 15) is 70.6 Å². The first kappa shape index (κ1) is 66.6. The molecule has 2 rings (SSSR count). The third-order valence-electron chi connectivity index (χ3n) is 15.0. The lowest BCUT2D eigenvalue weighted by molar-refractivity contribution is -0.333. The molecule has 0 aromatic rings. The van der Waals surface area contributed by atoms with Crippen molar-refractivity contribution in [1.82, 2.24) is 5.32 Å². The van der Waals surface area contributed by atoms with Gasteiger partial charge in [0.15, 0.2) is 11.7 Å². The number of aliphatic carboxylic acids is 1. The van der Waals surface area contributed by atoms with Crippen LogP contribution in [-0.2, 0) is 28.6 Å². The molecule has 14 N–H and O–H groups in total. The molecule has 0 saturated carbocycles. The molecule has 2 aliphatic rings. The lowest BCUT2D eigenvalue weighted by Crippen LogP contribution is -2.60. The molecular formula is C54H95N3O17. The zero-order valence-corrected chi connectivity index (χ0v) is 45.1. The second-order valence-electron chi connectivity index (χ2n) is 21.7. The van der Waals surface area contributed by atoms with E-state index in [4.69, 9.17) is 19.9 Å². The van der Waals surface area contributed by atoms with Crippen LogP contribution in [0.15, 0.2) is 41.4 Å². The number of allylic oxidation sites excluding steroid dienone is 2. The van der Waals surface area contributed by atoms with Crippen molar-refractivity contribution in [3.05, 3.63) is 36.5 Å². The van der Waals surface area contributed by atoms with E-state index in [1.807, 2.05) is 13.8 Å². The number of nitrogens with zero attached hydrogens (tertiary/aromatic N) is 1. The molecule has 0 aromatic heterocycles. The maximum Gasteiger partial charge on any atom is 0.330 e. The van der Waals surface area contributed by atoms with E-state index in [1.165, 1.54) is 18.2 Å². The van der Waals surface area contributed by atoms with Crippen LogP contribution in [-0.4, -0.2) is 173 Å². The van der Waals surface area contributed by atoms with Crippen LogP contribution in [0.1, 0.15) is 145 Å². The summed E-state index contributed by atoms with van der Waals surface area (Å²) in [5.41, 5.74) is 5.67. The summed E-state index contributed by atoms with van der Waals surface area (Å²) in [4.78, 5) is 41.4. The highest BCUT2D eigenvalue weighted by molar-refractivity contribution is 5.90. The molecule has 0 amide bonds. The number of unbranched alkanes of at least 4 members (excludes halogenated alkanes) is 2. The fourth-order valence-electron chi connectivity index (χ4n) is 9.77. The van der Waals surface area contributed by atoms with Gasteiger partial charge in [0.05, 0.1) is 54.9 Å². The number of cyclic esters (lactones) is 1. The van der Waals surface area contributed by atoms with Crippen molar-refractivity contribution in [2.45, 2.75) is 224 Å². The molecule has 428 valence electrons. The molecule has 20 atom stereocenters. The van der Waals surface area contributed by atoms with Gasteiger partial charge in [-0.2, -0.15) is 0 Å². The Kier molecular flexibility index (Phi) is 30.2. The minimum atomic E-state index is -2.52. The van der Waals surface area contributed by atoms with E-state index in [0.717, 1.165) is 38.6 Å². The monoisotopic (exact) mass is 1060 g/mol. The summed E-state index contributed by atoms with van der Waals surface area (Å²) in [6.45, 7) is 13.2. The second kappa shape index (κ2) is 33.6. The highest BCUT2D eigenvalue weighted by Crippen LogP contribution is 2.36. The Labute approximate surface area is 438 Å². The third kappa shape index (κ3) is 24.2. The first-order valence-corrected chi connectivity index (χ1v) is 26.8. The summed E-state index contributed by atoms with van der Waals surface area (Å²) in [6, 6.07) is 0. The quantitative estimate of drug-likeness (QED) is 0.0297. The molecule has 2 heterocycles. The van der Waals surface area contributed by atoms with Gasteiger partial charge in [-0.3, -0.25) is 14.6 Å². The first-order chi connectivity index (χ1) is 34.7. The number of aliphatic imine (C=N–C) groups is 1. The maximum absolute atomic E-state index is 13.5. The topological polar surface area (TPSA) is 352 Å². The number of hydrogen-bond acceptors (Lipinski definition) is 17. The number of fused-ring (bicyclic) bond motifs is 2. The average Bonchev–Trinajstić information content (AvgIpc) is 3.32. The molecule has 0 aromatic carbocycles. The zero-order valence-electron chi connectivity index (χ0n) is 45.1. The van der Waals surface area contributed by atoms with Crippen LogP contribution in [0, 0.1) is 41.4 Å². The van der Waals surface area contributed by atoms with Gasteiger partial charge in [-0.1, -0.05) is 85.3 Å². The summed E-state index contributed by atoms with van der Waals surface area (Å²) < 4.78 is 17.4. The van der Waals surface area contributed by atoms with Gasteiger partial charge in [-0.25, -0.2) is 4.79 Å². The molecular weight excluding hydrogens is 963 g/mol. The molecule has 0 aliphatic carbocycles. The fraction of sp³-hybridized carbons (Fsp3) is 0.815. The van der Waals surface area contributed by atoms with Crippen molar-refractivity contribution in [2.75, 3.05) is 13.6 Å². The minimum Gasteiger partial charge on any atom is -0.481 e. The largest absolute Gasteiger partial charge is 0.481 e. The van der Waals surface area contributed by atoms with E-state index in [0.29, 0.717) is 12.4 Å². The van der Waals surface area contributed by atoms with Crippen molar-refractivity contribution in [2.24, 2.45) is 52.2 Å². The number of nitrogens with one attached hydrogen (secondary N) is 1. The summed E-state index contributed by atoms with van der Waals surface area (Å²) >= 11 is 0. The van der Waals surface area contributed by atoms with E-state index in [2.05, 4.69) is 29.4 Å². The van der Waals surface area contributed by atoms with Gasteiger partial charge in [-0.05, 0) is 69.1 Å². The molecule has 18 unspecified atom stereocenters. The highest BCUT2D eigenvalue weighted by atomic mass is 16.7.